The smallest absolute Gasteiger partial charge is 0.385 e. The molecule has 0 atom stereocenters. The number of methoxy groups -OCH3 is 1. The number of ether oxygens (including phenoxy) is 1. The first-order chi connectivity index (χ1) is 17.4. The molecule has 0 saturated carbocycles. The zero-order valence-electron chi connectivity index (χ0n) is 19.7. The van der Waals surface area contributed by atoms with Crippen molar-refractivity contribution in [3.8, 4) is 0 Å². The van der Waals surface area contributed by atoms with Gasteiger partial charge in [-0.3, -0.25) is 0 Å². The molecular formula is C25H24ClF6N3O2. The molecular weight excluding hydrogens is 524 g/mol. The van der Waals surface area contributed by atoms with Gasteiger partial charge in [0.05, 0.1) is 17.7 Å². The molecule has 0 bridgehead atoms. The summed E-state index contributed by atoms with van der Waals surface area (Å²) in [7, 11) is 1.47. The second-order valence-corrected chi connectivity index (χ2v) is 8.62. The van der Waals surface area contributed by atoms with Crippen LogP contribution in [-0.4, -0.2) is 35.8 Å². The van der Waals surface area contributed by atoms with Crippen molar-refractivity contribution in [2.75, 3.05) is 25.6 Å². The largest absolute Gasteiger partial charge is 0.416 e. The van der Waals surface area contributed by atoms with Crippen LogP contribution in [0.15, 0.2) is 60.8 Å². The van der Waals surface area contributed by atoms with E-state index >= 15 is 0 Å². The van der Waals surface area contributed by atoms with Crippen LogP contribution in [0.4, 0.5) is 36.8 Å². The van der Waals surface area contributed by atoms with Crippen LogP contribution in [0.3, 0.4) is 0 Å². The molecule has 0 fully saturated rings. The van der Waals surface area contributed by atoms with Crippen LogP contribution in [0.2, 0.25) is 5.02 Å². The van der Waals surface area contributed by atoms with Gasteiger partial charge in [0.1, 0.15) is 0 Å². The lowest BCUT2D eigenvalue weighted by molar-refractivity contribution is -0.143. The Kier molecular flexibility index (Phi) is 9.14. The van der Waals surface area contributed by atoms with Crippen LogP contribution < -0.4 is 5.32 Å². The topological polar surface area (TPSA) is 46.5 Å². The van der Waals surface area contributed by atoms with E-state index < -0.39 is 35.2 Å². The SMILES string of the molecule is COCCCN(Cc1cccn1Cc1ccccc1Cl)C(=O)Nc1cc(C(F)(F)F)cc(C(F)(F)F)c1. The molecule has 1 N–H and O–H groups in total. The fourth-order valence-electron chi connectivity index (χ4n) is 3.63. The Morgan fingerprint density at radius 2 is 1.65 bits per heavy atom. The van der Waals surface area contributed by atoms with Crippen molar-refractivity contribution >= 4 is 23.3 Å². The lowest BCUT2D eigenvalue weighted by atomic mass is 10.1. The summed E-state index contributed by atoms with van der Waals surface area (Å²) < 4.78 is 86.2. The molecule has 0 saturated heterocycles. The molecule has 37 heavy (non-hydrogen) atoms. The van der Waals surface area contributed by atoms with Crippen LogP contribution in [-0.2, 0) is 30.2 Å². The van der Waals surface area contributed by atoms with Crippen molar-refractivity contribution in [3.63, 3.8) is 0 Å². The quantitative estimate of drug-likeness (QED) is 0.226. The number of anilines is 1. The van der Waals surface area contributed by atoms with E-state index in [1.165, 1.54) is 12.0 Å². The van der Waals surface area contributed by atoms with Crippen LogP contribution in [0.5, 0.6) is 0 Å². The summed E-state index contributed by atoms with van der Waals surface area (Å²) in [5, 5.41) is 2.76. The van der Waals surface area contributed by atoms with Gasteiger partial charge in [-0.1, -0.05) is 29.8 Å². The van der Waals surface area contributed by atoms with Crippen molar-refractivity contribution in [1.82, 2.24) is 9.47 Å². The summed E-state index contributed by atoms with van der Waals surface area (Å²) in [4.78, 5) is 14.4. The summed E-state index contributed by atoms with van der Waals surface area (Å²) in [6.45, 7) is 0.879. The van der Waals surface area contributed by atoms with Gasteiger partial charge < -0.3 is 19.5 Å². The molecule has 0 radical (unpaired) electrons. The number of rotatable bonds is 9. The molecule has 0 aliphatic rings. The molecule has 0 unspecified atom stereocenters. The number of carbonyl (C=O) groups excluding carboxylic acids is 1. The number of alkyl halides is 6. The van der Waals surface area contributed by atoms with E-state index in [9.17, 15) is 31.1 Å². The van der Waals surface area contributed by atoms with E-state index in [1.807, 2.05) is 16.7 Å². The Bertz CT molecular complexity index is 1180. The zero-order valence-corrected chi connectivity index (χ0v) is 20.4. The van der Waals surface area contributed by atoms with Gasteiger partial charge in [0, 0.05) is 49.4 Å². The molecule has 3 rings (SSSR count). The van der Waals surface area contributed by atoms with E-state index in [1.54, 1.807) is 30.5 Å². The molecule has 0 aliphatic heterocycles. The average Bonchev–Trinajstić information content (AvgIpc) is 3.25. The van der Waals surface area contributed by atoms with Gasteiger partial charge in [0.25, 0.3) is 0 Å². The number of nitrogens with zero attached hydrogens (tertiary/aromatic N) is 2. The first-order valence-corrected chi connectivity index (χ1v) is 11.5. The van der Waals surface area contributed by atoms with Gasteiger partial charge in [-0.25, -0.2) is 4.79 Å². The number of urea groups is 1. The van der Waals surface area contributed by atoms with Crippen LogP contribution in [0, 0.1) is 0 Å². The molecule has 3 aromatic rings. The molecule has 0 aliphatic carbocycles. The van der Waals surface area contributed by atoms with Gasteiger partial charge in [0.2, 0.25) is 0 Å². The summed E-state index contributed by atoms with van der Waals surface area (Å²) in [5.41, 5.74) is -2.13. The number of hydrogen-bond acceptors (Lipinski definition) is 2. The summed E-state index contributed by atoms with van der Waals surface area (Å²) in [6.07, 6.45) is -7.88. The van der Waals surface area contributed by atoms with Crippen LogP contribution in [0.25, 0.3) is 0 Å². The van der Waals surface area contributed by atoms with E-state index in [-0.39, 0.29) is 19.2 Å². The highest BCUT2D eigenvalue weighted by Gasteiger charge is 2.37. The number of carbonyl (C=O) groups is 1. The van der Waals surface area contributed by atoms with E-state index in [2.05, 4.69) is 5.32 Å². The zero-order chi connectivity index (χ0) is 27.2. The van der Waals surface area contributed by atoms with Crippen LogP contribution in [0.1, 0.15) is 28.8 Å². The van der Waals surface area contributed by atoms with Gasteiger partial charge >= 0.3 is 18.4 Å². The predicted octanol–water partition coefficient (Wildman–Crippen LogP) is 7.30. The standard InChI is InChI=1S/C25H24ClF6N3O2/c1-37-11-5-10-35(16-21-7-4-9-34(21)15-17-6-2-3-8-22(17)26)23(36)33-20-13-18(24(27,28)29)12-19(14-20)25(30,31)32/h2-4,6-9,12-14H,5,10-11,15-16H2,1H3,(H,33,36). The minimum atomic E-state index is -5.03. The Labute approximate surface area is 214 Å². The highest BCUT2D eigenvalue weighted by Crippen LogP contribution is 2.37. The number of halogens is 7. The molecule has 1 heterocycles. The van der Waals surface area contributed by atoms with Crippen molar-refractivity contribution in [3.05, 3.63) is 88.2 Å². The first kappa shape index (κ1) is 28.4. The van der Waals surface area contributed by atoms with Crippen molar-refractivity contribution in [2.24, 2.45) is 0 Å². The average molecular weight is 548 g/mol. The van der Waals surface area contributed by atoms with Crippen LogP contribution >= 0.6 is 11.6 Å². The van der Waals surface area contributed by atoms with E-state index in [0.29, 0.717) is 42.4 Å². The number of benzene rings is 2. The minimum Gasteiger partial charge on any atom is -0.385 e. The Hall–Kier alpha value is -3.18. The fraction of sp³-hybridized carbons (Fsp3) is 0.320. The van der Waals surface area contributed by atoms with Gasteiger partial charge in [-0.2, -0.15) is 26.3 Å². The maximum Gasteiger partial charge on any atom is 0.416 e. The van der Waals surface area contributed by atoms with Gasteiger partial charge in [0.15, 0.2) is 0 Å². The summed E-state index contributed by atoms with van der Waals surface area (Å²) in [5.74, 6) is 0. The van der Waals surface area contributed by atoms with Gasteiger partial charge in [-0.05, 0) is 48.4 Å². The lowest BCUT2D eigenvalue weighted by Gasteiger charge is -2.24. The third-order valence-corrected chi connectivity index (χ3v) is 5.85. The Morgan fingerprint density at radius 3 is 2.24 bits per heavy atom. The monoisotopic (exact) mass is 547 g/mol. The van der Waals surface area contributed by atoms with Gasteiger partial charge in [-0.15, -0.1) is 0 Å². The summed E-state index contributed by atoms with van der Waals surface area (Å²) in [6, 6.07) is 10.8. The molecule has 2 aromatic carbocycles. The molecule has 12 heteroatoms. The number of amides is 2. The molecule has 2 amide bonds. The maximum atomic E-state index is 13.2. The van der Waals surface area contributed by atoms with E-state index in [0.717, 1.165) is 5.56 Å². The number of hydrogen-bond donors (Lipinski definition) is 1. The van der Waals surface area contributed by atoms with E-state index in [4.69, 9.17) is 16.3 Å². The Morgan fingerprint density at radius 1 is 1.00 bits per heavy atom. The third-order valence-electron chi connectivity index (χ3n) is 5.48. The second-order valence-electron chi connectivity index (χ2n) is 8.21. The fourth-order valence-corrected chi connectivity index (χ4v) is 3.83. The molecule has 5 nitrogen and oxygen atoms in total. The minimum absolute atomic E-state index is 0.00755. The molecule has 1 aromatic heterocycles. The Balaban J connectivity index is 1.85. The van der Waals surface area contributed by atoms with Crippen molar-refractivity contribution in [2.45, 2.75) is 31.9 Å². The predicted molar refractivity (Wildman–Crippen MR) is 127 cm³/mol. The molecule has 200 valence electrons. The first-order valence-electron chi connectivity index (χ1n) is 11.1. The number of nitrogens with one attached hydrogen (secondary N) is 1. The highest BCUT2D eigenvalue weighted by molar-refractivity contribution is 6.31. The maximum absolute atomic E-state index is 13.2. The number of aromatic nitrogens is 1. The third kappa shape index (κ3) is 7.90. The highest BCUT2D eigenvalue weighted by atomic mass is 35.5. The second kappa shape index (κ2) is 11.9. The lowest BCUT2D eigenvalue weighted by Crippen LogP contribution is -2.36. The normalized spacial score (nSPS) is 12.0. The van der Waals surface area contributed by atoms with Crippen molar-refractivity contribution < 1.29 is 35.9 Å². The molecule has 0 spiro atoms. The summed E-state index contributed by atoms with van der Waals surface area (Å²) >= 11 is 6.25. The van der Waals surface area contributed by atoms with Crippen molar-refractivity contribution in [1.29, 1.82) is 0 Å².